The third kappa shape index (κ3) is 2.42. The molecule has 0 aliphatic heterocycles. The number of imidazole rings is 1. The number of rotatable bonds is 1. The van der Waals surface area contributed by atoms with E-state index in [0.717, 1.165) is 11.4 Å². The fraction of sp³-hybridized carbons (Fsp3) is 0.375. The van der Waals surface area contributed by atoms with Crippen molar-refractivity contribution in [2.75, 3.05) is 5.73 Å². The summed E-state index contributed by atoms with van der Waals surface area (Å²) in [6, 6.07) is 0. The zero-order chi connectivity index (χ0) is 8.43. The Bertz CT molecular complexity index is 288. The monoisotopic (exact) mass is 238 g/mol. The van der Waals surface area contributed by atoms with Gasteiger partial charge >= 0.3 is 0 Å². The van der Waals surface area contributed by atoms with E-state index < -0.39 is 0 Å². The molecule has 3 nitrogen and oxygen atoms in total. The maximum atomic E-state index is 5.58. The SMILES string of the molecule is C[C-]=C(C)n1[c-]c(C)nc1N.[Y]. The summed E-state index contributed by atoms with van der Waals surface area (Å²) < 4.78 is 1.69. The average molecular weight is 238 g/mol. The van der Waals surface area contributed by atoms with Gasteiger partial charge in [0.05, 0.1) is 5.95 Å². The number of hydrogen-bond donors (Lipinski definition) is 1. The Labute approximate surface area is 97.9 Å². The van der Waals surface area contributed by atoms with Gasteiger partial charge < -0.3 is 16.4 Å². The van der Waals surface area contributed by atoms with Gasteiger partial charge in [0.1, 0.15) is 0 Å². The fourth-order valence-electron chi connectivity index (χ4n) is 0.833. The maximum absolute atomic E-state index is 5.58. The minimum Gasteiger partial charge on any atom is -0.551 e. The van der Waals surface area contributed by atoms with Crippen molar-refractivity contribution >= 4 is 11.6 Å². The van der Waals surface area contributed by atoms with Crippen LogP contribution in [0.25, 0.3) is 5.70 Å². The summed E-state index contributed by atoms with van der Waals surface area (Å²) in [6.45, 7) is 5.60. The summed E-state index contributed by atoms with van der Waals surface area (Å²) in [6.07, 6.45) is 5.94. The molecular weight excluding hydrogens is 227 g/mol. The molecule has 0 saturated heterocycles. The number of allylic oxidation sites excluding steroid dienone is 2. The molecule has 2 N–H and O–H groups in total. The predicted molar refractivity (Wildman–Crippen MR) is 44.5 cm³/mol. The van der Waals surface area contributed by atoms with Gasteiger partial charge in [-0.3, -0.25) is 10.7 Å². The summed E-state index contributed by atoms with van der Waals surface area (Å²) in [5.74, 6) is 0.467. The van der Waals surface area contributed by atoms with Gasteiger partial charge in [-0.1, -0.05) is 6.20 Å². The largest absolute Gasteiger partial charge is 0.551 e. The molecule has 12 heavy (non-hydrogen) atoms. The standard InChI is InChI=1S/C8H11N3.Y/c1-4-7(3)11-5-6(2)10-8(11)9;/h1-3H3,(H2,9,10);/q-2;. The van der Waals surface area contributed by atoms with E-state index in [1.807, 2.05) is 20.8 Å². The van der Waals surface area contributed by atoms with Crippen LogP contribution >= 0.6 is 0 Å². The average Bonchev–Trinajstić information content (AvgIpc) is 2.28. The third-order valence-electron chi connectivity index (χ3n) is 1.48. The molecule has 0 aliphatic carbocycles. The molecule has 1 heterocycles. The van der Waals surface area contributed by atoms with Gasteiger partial charge in [0.15, 0.2) is 0 Å². The first-order valence-corrected chi connectivity index (χ1v) is 3.41. The molecule has 1 aromatic rings. The summed E-state index contributed by atoms with van der Waals surface area (Å²) in [4.78, 5) is 4.00. The summed E-state index contributed by atoms with van der Waals surface area (Å²) in [5.41, 5.74) is 7.30. The van der Waals surface area contributed by atoms with Crippen LogP contribution in [0.1, 0.15) is 19.5 Å². The number of nitrogen functional groups attached to an aromatic ring is 1. The van der Waals surface area contributed by atoms with Crippen molar-refractivity contribution < 1.29 is 32.7 Å². The molecule has 0 unspecified atom stereocenters. The van der Waals surface area contributed by atoms with E-state index in [9.17, 15) is 0 Å². The summed E-state index contributed by atoms with van der Waals surface area (Å²) in [5, 5.41) is 0. The molecule has 1 aromatic heterocycles. The van der Waals surface area contributed by atoms with Crippen LogP contribution < -0.4 is 5.73 Å². The van der Waals surface area contributed by atoms with Crippen molar-refractivity contribution in [3.05, 3.63) is 18.0 Å². The van der Waals surface area contributed by atoms with Gasteiger partial charge in [0.25, 0.3) is 0 Å². The predicted octanol–water partition coefficient (Wildman–Crippen LogP) is 1.26. The second-order valence-electron chi connectivity index (χ2n) is 2.34. The summed E-state index contributed by atoms with van der Waals surface area (Å²) in [7, 11) is 0. The normalized spacial score (nSPS) is 11.1. The van der Waals surface area contributed by atoms with Gasteiger partial charge in [-0.2, -0.15) is 0 Å². The van der Waals surface area contributed by atoms with Gasteiger partial charge in [0, 0.05) is 32.7 Å². The molecule has 1 rings (SSSR count). The molecule has 0 bridgehead atoms. The molecule has 0 fully saturated rings. The van der Waals surface area contributed by atoms with Crippen LogP contribution in [0.3, 0.4) is 0 Å². The Morgan fingerprint density at radius 3 is 2.58 bits per heavy atom. The van der Waals surface area contributed by atoms with Crippen molar-refractivity contribution in [1.82, 2.24) is 9.55 Å². The van der Waals surface area contributed by atoms with Gasteiger partial charge in [0.2, 0.25) is 0 Å². The number of aryl methyl sites for hydroxylation is 1. The minimum atomic E-state index is 0. The van der Waals surface area contributed by atoms with Crippen LogP contribution in [0.2, 0.25) is 0 Å². The molecular formula is C8H11N3Y-2. The number of aromatic nitrogens is 2. The smallest absolute Gasteiger partial charge is 0.0879 e. The zero-order valence-electron chi connectivity index (χ0n) is 7.55. The second-order valence-corrected chi connectivity index (χ2v) is 2.34. The van der Waals surface area contributed by atoms with Crippen molar-refractivity contribution in [2.45, 2.75) is 20.8 Å². The molecule has 0 amide bonds. The van der Waals surface area contributed by atoms with E-state index in [4.69, 9.17) is 5.73 Å². The maximum Gasteiger partial charge on any atom is 0.0879 e. The first kappa shape index (κ1) is 11.9. The van der Waals surface area contributed by atoms with E-state index in [-0.39, 0.29) is 32.7 Å². The van der Waals surface area contributed by atoms with Crippen LogP contribution in [0.5, 0.6) is 0 Å². The van der Waals surface area contributed by atoms with Crippen LogP contribution in [-0.2, 0) is 32.7 Å². The van der Waals surface area contributed by atoms with E-state index in [1.165, 1.54) is 0 Å². The van der Waals surface area contributed by atoms with E-state index >= 15 is 0 Å². The Morgan fingerprint density at radius 2 is 2.25 bits per heavy atom. The third-order valence-corrected chi connectivity index (χ3v) is 1.48. The van der Waals surface area contributed by atoms with Gasteiger partial charge in [-0.25, -0.2) is 6.92 Å². The number of nitrogens with two attached hydrogens (primary N) is 1. The van der Waals surface area contributed by atoms with Crippen molar-refractivity contribution in [3.8, 4) is 0 Å². The second kappa shape index (κ2) is 4.78. The molecule has 0 aromatic carbocycles. The quantitative estimate of drug-likeness (QED) is 0.748. The van der Waals surface area contributed by atoms with Crippen molar-refractivity contribution in [1.29, 1.82) is 0 Å². The molecule has 0 spiro atoms. The molecule has 4 heteroatoms. The molecule has 63 valence electrons. The minimum absolute atomic E-state index is 0. The first-order chi connectivity index (χ1) is 5.15. The Hall–Kier alpha value is -0.146. The van der Waals surface area contributed by atoms with E-state index in [0.29, 0.717) is 5.95 Å². The van der Waals surface area contributed by atoms with Gasteiger partial charge in [-0.05, 0) is 12.6 Å². The van der Waals surface area contributed by atoms with Crippen molar-refractivity contribution in [3.63, 3.8) is 0 Å². The summed E-state index contributed by atoms with van der Waals surface area (Å²) >= 11 is 0. The molecule has 0 saturated carbocycles. The zero-order valence-corrected chi connectivity index (χ0v) is 10.4. The molecule has 0 atom stereocenters. The van der Waals surface area contributed by atoms with Crippen LogP contribution in [0.15, 0.2) is 0 Å². The number of nitrogens with zero attached hydrogens (tertiary/aromatic N) is 2. The first-order valence-electron chi connectivity index (χ1n) is 3.41. The van der Waals surface area contributed by atoms with E-state index in [2.05, 4.69) is 17.3 Å². The van der Waals surface area contributed by atoms with Crippen LogP contribution in [0.4, 0.5) is 5.95 Å². The number of anilines is 1. The number of hydrogen-bond acceptors (Lipinski definition) is 2. The van der Waals surface area contributed by atoms with E-state index in [1.54, 1.807) is 4.57 Å². The molecule has 0 aliphatic rings. The Morgan fingerprint density at radius 1 is 1.67 bits per heavy atom. The van der Waals surface area contributed by atoms with Crippen LogP contribution in [0, 0.1) is 19.2 Å². The molecule has 1 radical (unpaired) electrons. The Balaban J connectivity index is 0.00000121. The topological polar surface area (TPSA) is 43.8 Å². The van der Waals surface area contributed by atoms with Crippen molar-refractivity contribution in [2.24, 2.45) is 0 Å². The van der Waals surface area contributed by atoms with Crippen LogP contribution in [-0.4, -0.2) is 9.55 Å². The Kier molecular flexibility index (Phi) is 4.72. The van der Waals surface area contributed by atoms with Gasteiger partial charge in [-0.15, -0.1) is 6.92 Å². The fourth-order valence-corrected chi connectivity index (χ4v) is 0.833.